The molecular weight excluding hydrogens is 271 g/mol. The second kappa shape index (κ2) is 6.51. The Bertz CT molecular complexity index is 510. The molecule has 1 fully saturated rings. The number of amides is 1. The first-order valence-electron chi connectivity index (χ1n) is 7.16. The molecule has 1 aromatic carbocycles. The summed E-state index contributed by atoms with van der Waals surface area (Å²) < 4.78 is 14.0. The first-order valence-corrected chi connectivity index (χ1v) is 7.16. The van der Waals surface area contributed by atoms with Gasteiger partial charge in [-0.15, -0.1) is 0 Å². The lowest BCUT2D eigenvalue weighted by atomic mass is 10.1. The average Bonchev–Trinajstić information content (AvgIpc) is 2.46. The maximum absolute atomic E-state index is 14.0. The molecule has 1 aliphatic rings. The van der Waals surface area contributed by atoms with Gasteiger partial charge in [-0.3, -0.25) is 20.0 Å². The van der Waals surface area contributed by atoms with Crippen LogP contribution in [0.1, 0.15) is 29.8 Å². The van der Waals surface area contributed by atoms with Crippen LogP contribution in [0.3, 0.4) is 0 Å². The summed E-state index contributed by atoms with van der Waals surface area (Å²) >= 11 is 0. The van der Waals surface area contributed by atoms with Gasteiger partial charge in [0.2, 0.25) is 0 Å². The van der Waals surface area contributed by atoms with E-state index in [-0.39, 0.29) is 5.82 Å². The number of hydrogen-bond acceptors (Lipinski definition) is 4. The molecule has 0 aromatic heterocycles. The lowest BCUT2D eigenvalue weighted by Crippen LogP contribution is -2.54. The van der Waals surface area contributed by atoms with E-state index >= 15 is 0 Å². The van der Waals surface area contributed by atoms with Gasteiger partial charge in [-0.2, -0.15) is 0 Å². The van der Waals surface area contributed by atoms with E-state index in [9.17, 15) is 9.18 Å². The molecule has 2 rings (SSSR count). The van der Waals surface area contributed by atoms with E-state index in [1.807, 2.05) is 0 Å². The smallest absolute Gasteiger partial charge is 0.265 e. The Morgan fingerprint density at radius 3 is 2.57 bits per heavy atom. The highest BCUT2D eigenvalue weighted by molar-refractivity contribution is 5.93. The Morgan fingerprint density at radius 1 is 1.38 bits per heavy atom. The van der Waals surface area contributed by atoms with E-state index in [0.29, 0.717) is 29.8 Å². The number of nitrogen functional groups attached to an aromatic ring is 1. The van der Waals surface area contributed by atoms with Gasteiger partial charge < -0.3 is 0 Å². The minimum atomic E-state index is -0.406. The van der Waals surface area contributed by atoms with E-state index in [0.717, 1.165) is 13.1 Å². The predicted molar refractivity (Wildman–Crippen MR) is 80.0 cm³/mol. The van der Waals surface area contributed by atoms with Crippen molar-refractivity contribution in [2.75, 3.05) is 20.1 Å². The topological polar surface area (TPSA) is 61.6 Å². The Kier molecular flexibility index (Phi) is 4.92. The van der Waals surface area contributed by atoms with Gasteiger partial charge in [0.05, 0.1) is 0 Å². The van der Waals surface area contributed by atoms with Crippen molar-refractivity contribution in [2.45, 2.75) is 32.5 Å². The summed E-state index contributed by atoms with van der Waals surface area (Å²) in [5.41, 5.74) is 2.98. The van der Waals surface area contributed by atoms with Gasteiger partial charge in [0, 0.05) is 42.8 Å². The summed E-state index contributed by atoms with van der Waals surface area (Å²) in [5, 5.41) is 0. The summed E-state index contributed by atoms with van der Waals surface area (Å²) in [6.07, 6.45) is 0. The van der Waals surface area contributed by atoms with Gasteiger partial charge in [-0.05, 0) is 39.1 Å². The quantitative estimate of drug-likeness (QED) is 0.495. The molecule has 0 bridgehead atoms. The van der Waals surface area contributed by atoms with Crippen LogP contribution >= 0.6 is 0 Å². The molecule has 0 aliphatic carbocycles. The SMILES string of the molecule is CC1CN(Cc2cc(C(=O)NN)ccc2F)CC(C)N1C. The van der Waals surface area contributed by atoms with Crippen molar-refractivity contribution in [1.29, 1.82) is 0 Å². The van der Waals surface area contributed by atoms with E-state index in [2.05, 4.69) is 36.1 Å². The van der Waals surface area contributed by atoms with E-state index in [1.54, 1.807) is 6.07 Å². The molecular formula is C15H23FN4O. The van der Waals surface area contributed by atoms with Gasteiger partial charge in [0.25, 0.3) is 5.91 Å². The first-order chi connectivity index (χ1) is 9.92. The molecule has 6 heteroatoms. The van der Waals surface area contributed by atoms with Crippen molar-refractivity contribution in [3.05, 3.63) is 35.1 Å². The zero-order valence-electron chi connectivity index (χ0n) is 12.8. The molecule has 0 radical (unpaired) electrons. The number of halogens is 1. The zero-order valence-corrected chi connectivity index (χ0v) is 12.8. The van der Waals surface area contributed by atoms with E-state index in [4.69, 9.17) is 5.84 Å². The summed E-state index contributed by atoms with van der Waals surface area (Å²) in [7, 11) is 2.11. The van der Waals surface area contributed by atoms with Crippen molar-refractivity contribution in [2.24, 2.45) is 5.84 Å². The Balaban J connectivity index is 2.14. The van der Waals surface area contributed by atoms with Crippen LogP contribution < -0.4 is 11.3 Å². The molecule has 2 atom stereocenters. The van der Waals surface area contributed by atoms with Crippen molar-refractivity contribution < 1.29 is 9.18 Å². The molecule has 2 unspecified atom stereocenters. The minimum Gasteiger partial charge on any atom is -0.298 e. The van der Waals surface area contributed by atoms with Crippen LogP contribution in [0.2, 0.25) is 0 Å². The van der Waals surface area contributed by atoms with Crippen LogP contribution in [0.25, 0.3) is 0 Å². The fourth-order valence-electron chi connectivity index (χ4n) is 2.80. The number of hydrogen-bond donors (Lipinski definition) is 2. The molecule has 1 aliphatic heterocycles. The molecule has 0 saturated carbocycles. The van der Waals surface area contributed by atoms with Crippen molar-refractivity contribution in [1.82, 2.24) is 15.2 Å². The number of hydrazine groups is 1. The number of piperazine rings is 1. The summed E-state index contributed by atoms with van der Waals surface area (Å²) in [6, 6.07) is 5.18. The first kappa shape index (κ1) is 15.9. The van der Waals surface area contributed by atoms with Crippen LogP contribution in [0.15, 0.2) is 18.2 Å². The van der Waals surface area contributed by atoms with E-state index < -0.39 is 5.91 Å². The van der Waals surface area contributed by atoms with Gasteiger partial charge in [0.1, 0.15) is 5.82 Å². The molecule has 0 spiro atoms. The molecule has 1 amide bonds. The van der Waals surface area contributed by atoms with Gasteiger partial charge >= 0.3 is 0 Å². The van der Waals surface area contributed by atoms with E-state index in [1.165, 1.54) is 12.1 Å². The second-order valence-electron chi connectivity index (χ2n) is 5.84. The summed E-state index contributed by atoms with van der Waals surface area (Å²) in [5.74, 6) is 4.42. The number of carbonyl (C=O) groups is 1. The fourth-order valence-corrected chi connectivity index (χ4v) is 2.80. The highest BCUT2D eigenvalue weighted by atomic mass is 19.1. The number of nitrogens with two attached hydrogens (primary N) is 1. The number of nitrogens with one attached hydrogen (secondary N) is 1. The van der Waals surface area contributed by atoms with Crippen LogP contribution in [0, 0.1) is 5.82 Å². The Labute approximate surface area is 124 Å². The Hall–Kier alpha value is -1.50. The third-order valence-electron chi connectivity index (χ3n) is 4.27. The summed E-state index contributed by atoms with van der Waals surface area (Å²) in [4.78, 5) is 16.1. The lowest BCUT2D eigenvalue weighted by Gasteiger charge is -2.42. The highest BCUT2D eigenvalue weighted by Crippen LogP contribution is 2.18. The zero-order chi connectivity index (χ0) is 15.6. The third kappa shape index (κ3) is 3.58. The predicted octanol–water partition coefficient (Wildman–Crippen LogP) is 0.954. The lowest BCUT2D eigenvalue weighted by molar-refractivity contribution is 0.0550. The highest BCUT2D eigenvalue weighted by Gasteiger charge is 2.26. The largest absolute Gasteiger partial charge is 0.298 e. The number of carbonyl (C=O) groups excluding carboxylic acids is 1. The minimum absolute atomic E-state index is 0.289. The van der Waals surface area contributed by atoms with Crippen LogP contribution in [-0.2, 0) is 6.54 Å². The maximum Gasteiger partial charge on any atom is 0.265 e. The van der Waals surface area contributed by atoms with Crippen LogP contribution in [0.4, 0.5) is 4.39 Å². The van der Waals surface area contributed by atoms with Gasteiger partial charge in [-0.25, -0.2) is 10.2 Å². The molecule has 1 heterocycles. The summed E-state index contributed by atoms with van der Waals surface area (Å²) in [6.45, 7) is 6.59. The monoisotopic (exact) mass is 294 g/mol. The number of rotatable bonds is 3. The molecule has 1 aromatic rings. The standard InChI is InChI=1S/C15H23FN4O/c1-10-7-20(8-11(2)19(10)3)9-13-6-12(15(21)18-17)4-5-14(13)16/h4-6,10-11H,7-9,17H2,1-3H3,(H,18,21). The van der Waals surface area contributed by atoms with Gasteiger partial charge in [-0.1, -0.05) is 0 Å². The van der Waals surface area contributed by atoms with Crippen molar-refractivity contribution in [3.8, 4) is 0 Å². The second-order valence-corrected chi connectivity index (χ2v) is 5.84. The Morgan fingerprint density at radius 2 is 2.00 bits per heavy atom. The van der Waals surface area contributed by atoms with Crippen LogP contribution in [0.5, 0.6) is 0 Å². The molecule has 1 saturated heterocycles. The van der Waals surface area contributed by atoms with Crippen molar-refractivity contribution in [3.63, 3.8) is 0 Å². The average molecular weight is 294 g/mol. The molecule has 3 N–H and O–H groups in total. The van der Waals surface area contributed by atoms with Gasteiger partial charge in [0.15, 0.2) is 0 Å². The molecule has 116 valence electrons. The normalized spacial score (nSPS) is 24.0. The van der Waals surface area contributed by atoms with Crippen molar-refractivity contribution >= 4 is 5.91 Å². The maximum atomic E-state index is 14.0. The number of likely N-dealkylation sites (N-methyl/N-ethyl adjacent to an activating group) is 1. The van der Waals surface area contributed by atoms with Crippen LogP contribution in [-0.4, -0.2) is 47.9 Å². The third-order valence-corrected chi connectivity index (χ3v) is 4.27. The molecule has 21 heavy (non-hydrogen) atoms. The molecule has 5 nitrogen and oxygen atoms in total. The number of benzene rings is 1. The number of nitrogens with zero attached hydrogens (tertiary/aromatic N) is 2. The fraction of sp³-hybridized carbons (Fsp3) is 0.533.